The highest BCUT2D eigenvalue weighted by atomic mass is 16.6. The largest absolute Gasteiger partial charge is 0.497 e. The average molecular weight is 549 g/mol. The van der Waals surface area contributed by atoms with E-state index < -0.39 is 5.60 Å². The van der Waals surface area contributed by atoms with Crippen LogP contribution in [0, 0.1) is 0 Å². The summed E-state index contributed by atoms with van der Waals surface area (Å²) in [6.45, 7) is 7.62. The summed E-state index contributed by atoms with van der Waals surface area (Å²) in [5, 5.41) is 2.97. The first-order valence-corrected chi connectivity index (χ1v) is 13.6. The summed E-state index contributed by atoms with van der Waals surface area (Å²) in [7, 11) is 1.60. The van der Waals surface area contributed by atoms with Gasteiger partial charge in [0.05, 0.1) is 19.9 Å². The molecule has 2 aliphatic heterocycles. The Bertz CT molecular complexity index is 1390. The lowest BCUT2D eigenvalue weighted by molar-refractivity contribution is -0.129. The number of hydrogen-bond acceptors (Lipinski definition) is 7. The van der Waals surface area contributed by atoms with E-state index in [-0.39, 0.29) is 37.0 Å². The standard InChI is InChI=1S/C29H36N6O5/c1-29(2,3)40-27(37)31-21-9-13-32(14-10-21)22-11-15-33-24(17-22)30-18-25(33)34-16-12-26(36)35(28(34)38)19-20-5-7-23(39-4)8-6-20/h5-8,11,15,17-18,21H,9-10,12-14,16,19H2,1-4H3,(H,31,37). The van der Waals surface area contributed by atoms with Crippen molar-refractivity contribution < 1.29 is 23.9 Å². The van der Waals surface area contributed by atoms with E-state index in [1.807, 2.05) is 67.8 Å². The molecule has 0 bridgehead atoms. The van der Waals surface area contributed by atoms with Crippen LogP contribution in [0.5, 0.6) is 5.75 Å². The molecular formula is C29H36N6O5. The fourth-order valence-corrected chi connectivity index (χ4v) is 5.08. The topological polar surface area (TPSA) is 109 Å². The van der Waals surface area contributed by atoms with Gasteiger partial charge in [-0.3, -0.25) is 19.0 Å². The lowest BCUT2D eigenvalue weighted by Gasteiger charge is -2.34. The zero-order valence-electron chi connectivity index (χ0n) is 23.4. The number of ether oxygens (including phenoxy) is 2. The summed E-state index contributed by atoms with van der Waals surface area (Å²) in [6.07, 6.45) is 5.06. The SMILES string of the molecule is COc1ccc(CN2C(=O)CCN(c3cnc4cc(N5CCC(NC(=O)OC(C)(C)C)CC5)ccn34)C2=O)cc1. The lowest BCUT2D eigenvalue weighted by atomic mass is 10.0. The number of imide groups is 1. The highest BCUT2D eigenvalue weighted by Gasteiger charge is 2.34. The van der Waals surface area contributed by atoms with Crippen LogP contribution in [0.2, 0.25) is 0 Å². The molecule has 5 rings (SSSR count). The zero-order chi connectivity index (χ0) is 28.4. The molecule has 2 fully saturated rings. The summed E-state index contributed by atoms with van der Waals surface area (Å²) < 4.78 is 12.5. The van der Waals surface area contributed by atoms with Gasteiger partial charge in [-0.25, -0.2) is 14.6 Å². The molecule has 0 atom stereocenters. The number of rotatable bonds is 6. The van der Waals surface area contributed by atoms with Crippen molar-refractivity contribution in [2.45, 2.75) is 58.2 Å². The highest BCUT2D eigenvalue weighted by Crippen LogP contribution is 2.27. The number of fused-ring (bicyclic) bond motifs is 1. The van der Waals surface area contributed by atoms with Crippen LogP contribution >= 0.6 is 0 Å². The van der Waals surface area contributed by atoms with Gasteiger partial charge in [0.25, 0.3) is 0 Å². The number of imidazole rings is 1. The molecule has 0 radical (unpaired) electrons. The predicted octanol–water partition coefficient (Wildman–Crippen LogP) is 4.20. The van der Waals surface area contributed by atoms with E-state index in [0.29, 0.717) is 23.8 Å². The summed E-state index contributed by atoms with van der Waals surface area (Å²) in [5.41, 5.74) is 2.07. The highest BCUT2D eigenvalue weighted by molar-refractivity contribution is 6.05. The number of carbonyl (C=O) groups excluding carboxylic acids is 3. The summed E-state index contributed by atoms with van der Waals surface area (Å²) >= 11 is 0. The van der Waals surface area contributed by atoms with Gasteiger partial charge < -0.3 is 19.7 Å². The molecule has 1 aromatic carbocycles. The van der Waals surface area contributed by atoms with Crippen molar-refractivity contribution in [1.29, 1.82) is 0 Å². The third-order valence-corrected chi connectivity index (χ3v) is 7.15. The van der Waals surface area contributed by atoms with E-state index in [2.05, 4.69) is 15.2 Å². The van der Waals surface area contributed by atoms with Crippen molar-refractivity contribution in [3.63, 3.8) is 0 Å². The predicted molar refractivity (Wildman–Crippen MR) is 151 cm³/mol. The molecular weight excluding hydrogens is 512 g/mol. The molecule has 0 aliphatic carbocycles. The van der Waals surface area contributed by atoms with Crippen LogP contribution in [-0.2, 0) is 16.1 Å². The van der Waals surface area contributed by atoms with Gasteiger partial charge in [-0.15, -0.1) is 0 Å². The fourth-order valence-electron chi connectivity index (χ4n) is 5.08. The maximum Gasteiger partial charge on any atom is 0.407 e. The Balaban J connectivity index is 1.25. The fraction of sp³-hybridized carbons (Fsp3) is 0.448. The maximum absolute atomic E-state index is 13.4. The third-order valence-electron chi connectivity index (χ3n) is 7.15. The van der Waals surface area contributed by atoms with Crippen LogP contribution in [0.4, 0.5) is 21.1 Å². The number of urea groups is 1. The number of methoxy groups -OCH3 is 1. The Morgan fingerprint density at radius 1 is 1.07 bits per heavy atom. The van der Waals surface area contributed by atoms with Crippen molar-refractivity contribution in [3.8, 4) is 5.75 Å². The second-order valence-electron chi connectivity index (χ2n) is 11.1. The molecule has 2 aromatic heterocycles. The van der Waals surface area contributed by atoms with Gasteiger partial charge in [0.2, 0.25) is 5.91 Å². The minimum atomic E-state index is -0.521. The maximum atomic E-state index is 13.4. The Morgan fingerprint density at radius 3 is 2.48 bits per heavy atom. The Morgan fingerprint density at radius 2 is 1.80 bits per heavy atom. The van der Waals surface area contributed by atoms with Gasteiger partial charge in [-0.05, 0) is 57.4 Å². The first kappa shape index (κ1) is 27.3. The van der Waals surface area contributed by atoms with E-state index in [0.717, 1.165) is 37.2 Å². The molecule has 212 valence electrons. The molecule has 0 spiro atoms. The molecule has 40 heavy (non-hydrogen) atoms. The minimum absolute atomic E-state index is 0.0709. The molecule has 0 unspecified atom stereocenters. The molecule has 2 saturated heterocycles. The number of anilines is 2. The van der Waals surface area contributed by atoms with Gasteiger partial charge in [0, 0.05) is 50.0 Å². The normalized spacial score (nSPS) is 16.9. The first-order chi connectivity index (χ1) is 19.1. The van der Waals surface area contributed by atoms with Crippen LogP contribution in [-0.4, -0.2) is 70.7 Å². The molecule has 11 nitrogen and oxygen atoms in total. The van der Waals surface area contributed by atoms with Crippen LogP contribution in [0.3, 0.4) is 0 Å². The Hall–Kier alpha value is -4.28. The number of nitrogens with one attached hydrogen (secondary N) is 1. The van der Waals surface area contributed by atoms with Gasteiger partial charge in [0.15, 0.2) is 0 Å². The van der Waals surface area contributed by atoms with E-state index in [1.54, 1.807) is 18.2 Å². The molecule has 2 aliphatic rings. The lowest BCUT2D eigenvalue weighted by Crippen LogP contribution is -2.52. The number of alkyl carbamates (subject to hydrolysis) is 1. The quantitative estimate of drug-likeness (QED) is 0.492. The van der Waals surface area contributed by atoms with Crippen LogP contribution in [0.15, 0.2) is 48.8 Å². The van der Waals surface area contributed by atoms with E-state index in [4.69, 9.17) is 9.47 Å². The van der Waals surface area contributed by atoms with Crippen molar-refractivity contribution in [2.75, 3.05) is 36.5 Å². The summed E-state index contributed by atoms with van der Waals surface area (Å²) in [6, 6.07) is 11.0. The summed E-state index contributed by atoms with van der Waals surface area (Å²) in [5.74, 6) is 1.14. The summed E-state index contributed by atoms with van der Waals surface area (Å²) in [4.78, 5) is 47.9. The van der Waals surface area contributed by atoms with E-state index in [9.17, 15) is 14.4 Å². The molecule has 4 amide bonds. The number of benzene rings is 1. The monoisotopic (exact) mass is 548 g/mol. The number of aromatic nitrogens is 2. The molecule has 0 saturated carbocycles. The van der Waals surface area contributed by atoms with Crippen molar-refractivity contribution in [1.82, 2.24) is 19.6 Å². The smallest absolute Gasteiger partial charge is 0.407 e. The minimum Gasteiger partial charge on any atom is -0.497 e. The average Bonchev–Trinajstić information content (AvgIpc) is 3.34. The second-order valence-corrected chi connectivity index (χ2v) is 11.1. The molecule has 4 heterocycles. The van der Waals surface area contributed by atoms with Gasteiger partial charge >= 0.3 is 12.1 Å². The van der Waals surface area contributed by atoms with Gasteiger partial charge in [-0.2, -0.15) is 0 Å². The van der Waals surface area contributed by atoms with Gasteiger partial charge in [-0.1, -0.05) is 12.1 Å². The number of amides is 4. The van der Waals surface area contributed by atoms with Crippen LogP contribution < -0.4 is 19.9 Å². The molecule has 1 N–H and O–H groups in total. The molecule has 3 aromatic rings. The Kier molecular flexibility index (Phi) is 7.55. The van der Waals surface area contributed by atoms with Crippen LogP contribution in [0.1, 0.15) is 45.6 Å². The zero-order valence-corrected chi connectivity index (χ0v) is 23.4. The number of piperidine rings is 1. The van der Waals surface area contributed by atoms with Crippen molar-refractivity contribution in [3.05, 3.63) is 54.4 Å². The Labute approximate surface area is 233 Å². The van der Waals surface area contributed by atoms with Crippen molar-refractivity contribution >= 4 is 35.2 Å². The number of pyridine rings is 1. The molecule has 11 heteroatoms. The number of nitrogens with zero attached hydrogens (tertiary/aromatic N) is 5. The third kappa shape index (κ3) is 5.98. The van der Waals surface area contributed by atoms with Gasteiger partial charge in [0.1, 0.15) is 22.8 Å². The van der Waals surface area contributed by atoms with Crippen LogP contribution in [0.25, 0.3) is 5.65 Å². The number of hydrogen-bond donors (Lipinski definition) is 1. The van der Waals surface area contributed by atoms with E-state index in [1.165, 1.54) is 4.90 Å². The number of carbonyl (C=O) groups is 3. The van der Waals surface area contributed by atoms with E-state index >= 15 is 0 Å². The first-order valence-electron chi connectivity index (χ1n) is 13.6. The second kappa shape index (κ2) is 11.1. The van der Waals surface area contributed by atoms with Crippen molar-refractivity contribution in [2.24, 2.45) is 0 Å².